The van der Waals surface area contributed by atoms with Gasteiger partial charge in [-0.3, -0.25) is 14.5 Å². The van der Waals surface area contributed by atoms with Crippen molar-refractivity contribution in [2.45, 2.75) is 64.3 Å². The van der Waals surface area contributed by atoms with Crippen molar-refractivity contribution in [2.24, 2.45) is 5.92 Å². The highest BCUT2D eigenvalue weighted by atomic mass is 16.5. The summed E-state index contributed by atoms with van der Waals surface area (Å²) in [6.45, 7) is 4.84. The van der Waals surface area contributed by atoms with Crippen LogP contribution in [0.25, 0.3) is 0 Å². The van der Waals surface area contributed by atoms with E-state index in [0.717, 1.165) is 31.2 Å². The van der Waals surface area contributed by atoms with Gasteiger partial charge in [0.15, 0.2) is 0 Å². The highest BCUT2D eigenvalue weighted by Gasteiger charge is 2.52. The first-order chi connectivity index (χ1) is 12.1. The zero-order valence-corrected chi connectivity index (χ0v) is 15.2. The molecule has 0 aromatic heterocycles. The first-order valence-electron chi connectivity index (χ1n) is 9.33. The summed E-state index contributed by atoms with van der Waals surface area (Å²) in [5.41, 5.74) is 0.471. The summed E-state index contributed by atoms with van der Waals surface area (Å²) in [4.78, 5) is 27.1. The fourth-order valence-corrected chi connectivity index (χ4v) is 3.93. The summed E-state index contributed by atoms with van der Waals surface area (Å²) in [5, 5.41) is 2.97. The molecule has 1 saturated heterocycles. The Bertz CT molecular complexity index is 609. The van der Waals surface area contributed by atoms with E-state index in [0.29, 0.717) is 25.5 Å². The average molecular weight is 344 g/mol. The maximum atomic E-state index is 12.8. The van der Waals surface area contributed by atoms with E-state index in [1.165, 1.54) is 0 Å². The molecule has 3 rings (SSSR count). The Labute approximate surface area is 149 Å². The van der Waals surface area contributed by atoms with Crippen molar-refractivity contribution in [3.05, 3.63) is 35.9 Å². The second kappa shape index (κ2) is 7.56. The van der Waals surface area contributed by atoms with Gasteiger partial charge in [0.25, 0.3) is 0 Å². The summed E-state index contributed by atoms with van der Waals surface area (Å²) in [5.74, 6) is 0.534. The number of nitrogens with one attached hydrogen (secondary N) is 1. The summed E-state index contributed by atoms with van der Waals surface area (Å²) < 4.78 is 6.10. The molecule has 2 fully saturated rings. The van der Waals surface area contributed by atoms with Crippen LogP contribution in [0.2, 0.25) is 0 Å². The number of hydrogen-bond acceptors (Lipinski definition) is 3. The molecule has 25 heavy (non-hydrogen) atoms. The number of carbonyl (C=O) groups is 2. The van der Waals surface area contributed by atoms with Gasteiger partial charge in [-0.2, -0.15) is 0 Å². The maximum Gasteiger partial charge on any atom is 0.245 e. The zero-order valence-electron chi connectivity index (χ0n) is 15.2. The van der Waals surface area contributed by atoms with Gasteiger partial charge in [-0.05, 0) is 37.2 Å². The molecule has 5 nitrogen and oxygen atoms in total. The van der Waals surface area contributed by atoms with Gasteiger partial charge in [-0.1, -0.05) is 44.2 Å². The lowest BCUT2D eigenvalue weighted by atomic mass is 9.83. The van der Waals surface area contributed by atoms with Gasteiger partial charge >= 0.3 is 0 Å². The first-order valence-corrected chi connectivity index (χ1v) is 9.33. The van der Waals surface area contributed by atoms with Crippen molar-refractivity contribution in [1.82, 2.24) is 10.2 Å². The predicted molar refractivity (Wildman–Crippen MR) is 95.5 cm³/mol. The third-order valence-corrected chi connectivity index (χ3v) is 5.50. The van der Waals surface area contributed by atoms with Crippen molar-refractivity contribution in [3.8, 4) is 0 Å². The van der Waals surface area contributed by atoms with E-state index in [2.05, 4.69) is 12.2 Å². The molecule has 5 heteroatoms. The van der Waals surface area contributed by atoms with Crippen LogP contribution in [0.3, 0.4) is 0 Å². The Hall–Kier alpha value is -1.88. The third kappa shape index (κ3) is 3.71. The summed E-state index contributed by atoms with van der Waals surface area (Å²) in [7, 11) is 0. The van der Waals surface area contributed by atoms with Crippen LogP contribution in [0.15, 0.2) is 30.3 Å². The number of carbonyl (C=O) groups excluding carboxylic acids is 2. The van der Waals surface area contributed by atoms with Gasteiger partial charge in [0, 0.05) is 13.0 Å². The Kier molecular flexibility index (Phi) is 5.42. The highest BCUT2D eigenvalue weighted by Crippen LogP contribution is 2.42. The van der Waals surface area contributed by atoms with E-state index in [9.17, 15) is 9.59 Å². The number of hydrogen-bond donors (Lipinski definition) is 1. The maximum absolute atomic E-state index is 12.8. The lowest BCUT2D eigenvalue weighted by molar-refractivity contribution is -0.161. The zero-order chi connectivity index (χ0) is 17.9. The third-order valence-electron chi connectivity index (χ3n) is 5.50. The standard InChI is InChI=1S/C20H28N2O3/c1-3-18(23)22-17(14-25-20(22)11-9-15(2)10-12-20)19(24)21-13-16-7-5-4-6-8-16/h4-8,15,17H,3,9-14H2,1-2H3,(H,21,24)/t15?,17-,20?/m0/s1. The highest BCUT2D eigenvalue weighted by molar-refractivity contribution is 5.88. The minimum Gasteiger partial charge on any atom is -0.353 e. The predicted octanol–water partition coefficient (Wildman–Crippen LogP) is 2.85. The average Bonchev–Trinajstić information content (AvgIpc) is 3.01. The molecule has 1 aromatic carbocycles. The number of amides is 2. The SMILES string of the molecule is CCC(=O)N1[C@H](C(=O)NCc2ccccc2)COC12CCC(C)CC2. The van der Waals surface area contributed by atoms with Gasteiger partial charge in [-0.15, -0.1) is 0 Å². The minimum absolute atomic E-state index is 0.00640. The summed E-state index contributed by atoms with van der Waals surface area (Å²) >= 11 is 0. The van der Waals surface area contributed by atoms with Gasteiger partial charge in [-0.25, -0.2) is 0 Å². The lowest BCUT2D eigenvalue weighted by Crippen LogP contribution is -2.56. The molecule has 1 spiro atoms. The lowest BCUT2D eigenvalue weighted by Gasteiger charge is -2.43. The number of benzene rings is 1. The fourth-order valence-electron chi connectivity index (χ4n) is 3.93. The summed E-state index contributed by atoms with van der Waals surface area (Å²) in [6, 6.07) is 9.28. The molecule has 0 unspecified atom stereocenters. The van der Waals surface area contributed by atoms with E-state index in [4.69, 9.17) is 4.74 Å². The van der Waals surface area contributed by atoms with Crippen molar-refractivity contribution >= 4 is 11.8 Å². The first kappa shape index (κ1) is 17.9. The van der Waals surface area contributed by atoms with E-state index >= 15 is 0 Å². The van der Waals surface area contributed by atoms with Gasteiger partial charge in [0.1, 0.15) is 11.8 Å². The Balaban J connectivity index is 1.71. The quantitative estimate of drug-likeness (QED) is 0.914. The number of nitrogens with zero attached hydrogens (tertiary/aromatic N) is 1. The Morgan fingerprint density at radius 2 is 1.92 bits per heavy atom. The normalized spacial score (nSPS) is 29.0. The fraction of sp³-hybridized carbons (Fsp3) is 0.600. The largest absolute Gasteiger partial charge is 0.353 e. The molecule has 1 saturated carbocycles. The summed E-state index contributed by atoms with van der Waals surface area (Å²) in [6.07, 6.45) is 4.10. The van der Waals surface area contributed by atoms with Crippen LogP contribution in [-0.4, -0.2) is 35.1 Å². The molecule has 2 aliphatic rings. The molecule has 1 aliphatic heterocycles. The van der Waals surface area contributed by atoms with Crippen LogP contribution in [0.1, 0.15) is 51.5 Å². The molecule has 1 N–H and O–H groups in total. The van der Waals surface area contributed by atoms with Crippen molar-refractivity contribution in [1.29, 1.82) is 0 Å². The van der Waals surface area contributed by atoms with Gasteiger partial charge in [0.05, 0.1) is 6.61 Å². The van der Waals surface area contributed by atoms with Gasteiger partial charge in [0.2, 0.25) is 11.8 Å². The monoisotopic (exact) mass is 344 g/mol. The van der Waals surface area contributed by atoms with E-state index in [1.807, 2.05) is 37.3 Å². The Morgan fingerprint density at radius 1 is 1.24 bits per heavy atom. The van der Waals surface area contributed by atoms with E-state index in [1.54, 1.807) is 4.90 Å². The molecule has 1 atom stereocenters. The van der Waals surface area contributed by atoms with E-state index < -0.39 is 11.8 Å². The van der Waals surface area contributed by atoms with Crippen LogP contribution < -0.4 is 5.32 Å². The van der Waals surface area contributed by atoms with Crippen LogP contribution >= 0.6 is 0 Å². The minimum atomic E-state index is -0.575. The molecular formula is C20H28N2O3. The molecule has 1 heterocycles. The van der Waals surface area contributed by atoms with Crippen LogP contribution in [-0.2, 0) is 20.9 Å². The van der Waals surface area contributed by atoms with Crippen molar-refractivity contribution < 1.29 is 14.3 Å². The van der Waals surface area contributed by atoms with Crippen LogP contribution in [0.5, 0.6) is 0 Å². The second-order valence-corrected chi connectivity index (χ2v) is 7.28. The van der Waals surface area contributed by atoms with Crippen molar-refractivity contribution in [3.63, 3.8) is 0 Å². The van der Waals surface area contributed by atoms with Crippen LogP contribution in [0.4, 0.5) is 0 Å². The van der Waals surface area contributed by atoms with Gasteiger partial charge < -0.3 is 10.1 Å². The molecule has 1 aliphatic carbocycles. The molecule has 0 radical (unpaired) electrons. The number of rotatable bonds is 4. The van der Waals surface area contributed by atoms with E-state index in [-0.39, 0.29) is 11.8 Å². The molecule has 136 valence electrons. The topological polar surface area (TPSA) is 58.6 Å². The smallest absolute Gasteiger partial charge is 0.245 e. The molecule has 0 bridgehead atoms. The Morgan fingerprint density at radius 3 is 2.56 bits per heavy atom. The van der Waals surface area contributed by atoms with Crippen LogP contribution in [0, 0.1) is 5.92 Å². The van der Waals surface area contributed by atoms with Crippen molar-refractivity contribution in [2.75, 3.05) is 6.61 Å². The molecule has 2 amide bonds. The number of ether oxygens (including phenoxy) is 1. The second-order valence-electron chi connectivity index (χ2n) is 7.28. The molecule has 1 aromatic rings. The molecular weight excluding hydrogens is 316 g/mol.